The molecule has 0 bridgehead atoms. The lowest BCUT2D eigenvalue weighted by Crippen LogP contribution is -2.24. The van der Waals surface area contributed by atoms with Gasteiger partial charge in [0.25, 0.3) is 0 Å². The summed E-state index contributed by atoms with van der Waals surface area (Å²) in [7, 11) is 0. The fourth-order valence-electron chi connectivity index (χ4n) is 2.44. The molecule has 1 aliphatic heterocycles. The Kier molecular flexibility index (Phi) is 2.65. The Morgan fingerprint density at radius 1 is 1.41 bits per heavy atom. The van der Waals surface area contributed by atoms with Crippen molar-refractivity contribution >= 4 is 0 Å². The molecular formula is C13H16N4. The number of rotatable bonds is 2. The van der Waals surface area contributed by atoms with Crippen LogP contribution in [0.3, 0.4) is 0 Å². The molecule has 2 aromatic rings. The van der Waals surface area contributed by atoms with E-state index in [0.29, 0.717) is 0 Å². The molecule has 17 heavy (non-hydrogen) atoms. The van der Waals surface area contributed by atoms with E-state index in [1.165, 1.54) is 16.7 Å². The van der Waals surface area contributed by atoms with Crippen LogP contribution in [-0.4, -0.2) is 21.3 Å². The van der Waals surface area contributed by atoms with Gasteiger partial charge in [0.05, 0.1) is 0 Å². The van der Waals surface area contributed by atoms with E-state index in [9.17, 15) is 0 Å². The molecule has 1 N–H and O–H groups in total. The molecule has 0 unspecified atom stereocenters. The highest BCUT2D eigenvalue weighted by Gasteiger charge is 2.16. The van der Waals surface area contributed by atoms with Crippen LogP contribution in [0.1, 0.15) is 18.1 Å². The smallest absolute Gasteiger partial charge is 0.164 e. The molecule has 0 aliphatic carbocycles. The Labute approximate surface area is 101 Å². The first-order valence-corrected chi connectivity index (χ1v) is 6.10. The average molecular weight is 228 g/mol. The van der Waals surface area contributed by atoms with Crippen molar-refractivity contribution in [3.63, 3.8) is 0 Å². The van der Waals surface area contributed by atoms with E-state index in [1.807, 2.05) is 0 Å². The highest BCUT2D eigenvalue weighted by Crippen LogP contribution is 2.26. The first kappa shape index (κ1) is 10.5. The molecule has 0 fully saturated rings. The third kappa shape index (κ3) is 1.74. The van der Waals surface area contributed by atoms with Crippen LogP contribution in [0.4, 0.5) is 0 Å². The zero-order chi connectivity index (χ0) is 11.7. The molecule has 1 aromatic carbocycles. The van der Waals surface area contributed by atoms with Gasteiger partial charge in [0.2, 0.25) is 0 Å². The summed E-state index contributed by atoms with van der Waals surface area (Å²) in [4.78, 5) is 0. The second-order valence-electron chi connectivity index (χ2n) is 4.31. The Morgan fingerprint density at radius 3 is 3.24 bits per heavy atom. The Bertz CT molecular complexity index is 530. The minimum absolute atomic E-state index is 0.907. The van der Waals surface area contributed by atoms with Gasteiger partial charge in [0, 0.05) is 18.7 Å². The van der Waals surface area contributed by atoms with Crippen molar-refractivity contribution in [1.82, 2.24) is 20.1 Å². The van der Waals surface area contributed by atoms with E-state index < -0.39 is 0 Å². The average Bonchev–Trinajstić information content (AvgIpc) is 2.86. The molecule has 0 saturated heterocycles. The second kappa shape index (κ2) is 4.30. The molecule has 0 saturated carbocycles. The fourth-order valence-corrected chi connectivity index (χ4v) is 2.44. The number of aryl methyl sites for hydroxylation is 1. The zero-order valence-electron chi connectivity index (χ0n) is 9.98. The largest absolute Gasteiger partial charge is 0.314 e. The molecule has 2 heterocycles. The maximum absolute atomic E-state index is 4.26. The molecule has 1 aliphatic rings. The summed E-state index contributed by atoms with van der Waals surface area (Å²) in [6.07, 6.45) is 2.87. The zero-order valence-corrected chi connectivity index (χ0v) is 9.98. The van der Waals surface area contributed by atoms with Crippen molar-refractivity contribution in [3.05, 3.63) is 35.7 Å². The van der Waals surface area contributed by atoms with Gasteiger partial charge < -0.3 is 9.88 Å². The van der Waals surface area contributed by atoms with Crippen LogP contribution >= 0.6 is 0 Å². The molecule has 4 nitrogen and oxygen atoms in total. The predicted molar refractivity (Wildman–Crippen MR) is 66.5 cm³/mol. The topological polar surface area (TPSA) is 42.7 Å². The van der Waals surface area contributed by atoms with Gasteiger partial charge in [-0.1, -0.05) is 18.2 Å². The van der Waals surface area contributed by atoms with Crippen LogP contribution in [0.25, 0.3) is 11.4 Å². The van der Waals surface area contributed by atoms with Crippen LogP contribution in [0.2, 0.25) is 0 Å². The van der Waals surface area contributed by atoms with Gasteiger partial charge in [-0.3, -0.25) is 0 Å². The van der Waals surface area contributed by atoms with Crippen molar-refractivity contribution in [2.45, 2.75) is 26.4 Å². The van der Waals surface area contributed by atoms with Gasteiger partial charge in [0.1, 0.15) is 6.33 Å². The highest BCUT2D eigenvalue weighted by atomic mass is 15.3. The van der Waals surface area contributed by atoms with E-state index in [4.69, 9.17) is 0 Å². The number of aromatic nitrogens is 3. The van der Waals surface area contributed by atoms with Crippen LogP contribution in [0, 0.1) is 0 Å². The summed E-state index contributed by atoms with van der Waals surface area (Å²) in [5.41, 5.74) is 4.05. The lowest BCUT2D eigenvalue weighted by Gasteiger charge is -2.20. The molecule has 0 atom stereocenters. The Balaban J connectivity index is 2.14. The first-order valence-electron chi connectivity index (χ1n) is 6.10. The van der Waals surface area contributed by atoms with Crippen LogP contribution in [-0.2, 0) is 19.5 Å². The number of hydrogen-bond donors (Lipinski definition) is 1. The fraction of sp³-hybridized carbons (Fsp3) is 0.385. The van der Waals surface area contributed by atoms with Crippen LogP contribution in [0.15, 0.2) is 24.5 Å². The second-order valence-corrected chi connectivity index (χ2v) is 4.31. The lowest BCUT2D eigenvalue weighted by atomic mass is 9.95. The molecule has 0 amide bonds. The molecule has 0 radical (unpaired) electrons. The quantitative estimate of drug-likeness (QED) is 0.849. The summed E-state index contributed by atoms with van der Waals surface area (Å²) < 4.78 is 2.09. The summed E-state index contributed by atoms with van der Waals surface area (Å²) in [5.74, 6) is 0.992. The Morgan fingerprint density at radius 2 is 2.35 bits per heavy atom. The maximum Gasteiger partial charge on any atom is 0.164 e. The van der Waals surface area contributed by atoms with Crippen molar-refractivity contribution < 1.29 is 0 Å². The molecule has 4 heteroatoms. The van der Waals surface area contributed by atoms with Gasteiger partial charge >= 0.3 is 0 Å². The number of fused-ring (bicyclic) bond motifs is 1. The van der Waals surface area contributed by atoms with Gasteiger partial charge in [-0.25, -0.2) is 0 Å². The van der Waals surface area contributed by atoms with Gasteiger partial charge in [-0.2, -0.15) is 0 Å². The van der Waals surface area contributed by atoms with Crippen molar-refractivity contribution in [2.24, 2.45) is 0 Å². The van der Waals surface area contributed by atoms with E-state index in [1.54, 1.807) is 6.33 Å². The third-order valence-electron chi connectivity index (χ3n) is 3.34. The van der Waals surface area contributed by atoms with E-state index >= 15 is 0 Å². The number of nitrogens with one attached hydrogen (secondary N) is 1. The van der Waals surface area contributed by atoms with E-state index in [0.717, 1.165) is 31.9 Å². The van der Waals surface area contributed by atoms with E-state index in [2.05, 4.69) is 45.2 Å². The lowest BCUT2D eigenvalue weighted by molar-refractivity contribution is 0.643. The summed E-state index contributed by atoms with van der Waals surface area (Å²) >= 11 is 0. The minimum atomic E-state index is 0.907. The number of benzene rings is 1. The van der Waals surface area contributed by atoms with Gasteiger partial charge in [-0.15, -0.1) is 10.2 Å². The molecule has 0 spiro atoms. The standard InChI is InChI=1S/C13H16N4/c1-2-17-9-15-16-13(17)12-5-3-4-10-8-14-7-6-11(10)12/h3-5,9,14H,2,6-8H2,1H3. The monoisotopic (exact) mass is 228 g/mol. The van der Waals surface area contributed by atoms with Crippen LogP contribution < -0.4 is 5.32 Å². The summed E-state index contributed by atoms with van der Waals surface area (Å²) in [6, 6.07) is 6.45. The Hall–Kier alpha value is -1.68. The summed E-state index contributed by atoms with van der Waals surface area (Å²) in [5, 5.41) is 11.7. The van der Waals surface area contributed by atoms with Crippen molar-refractivity contribution in [1.29, 1.82) is 0 Å². The number of nitrogens with zero attached hydrogens (tertiary/aromatic N) is 3. The molecular weight excluding hydrogens is 212 g/mol. The summed E-state index contributed by atoms with van der Waals surface area (Å²) in [6.45, 7) is 5.03. The highest BCUT2D eigenvalue weighted by molar-refractivity contribution is 5.63. The molecule has 88 valence electrons. The number of hydrogen-bond acceptors (Lipinski definition) is 3. The van der Waals surface area contributed by atoms with Crippen LogP contribution in [0.5, 0.6) is 0 Å². The normalized spacial score (nSPS) is 14.6. The van der Waals surface area contributed by atoms with Gasteiger partial charge in [-0.05, 0) is 31.0 Å². The van der Waals surface area contributed by atoms with Crippen molar-refractivity contribution in [2.75, 3.05) is 6.54 Å². The molecule has 3 rings (SSSR count). The predicted octanol–water partition coefficient (Wildman–Crippen LogP) is 1.61. The van der Waals surface area contributed by atoms with Crippen molar-refractivity contribution in [3.8, 4) is 11.4 Å². The minimum Gasteiger partial charge on any atom is -0.314 e. The van der Waals surface area contributed by atoms with E-state index in [-0.39, 0.29) is 0 Å². The maximum atomic E-state index is 4.26. The van der Waals surface area contributed by atoms with Gasteiger partial charge in [0.15, 0.2) is 5.82 Å². The first-order chi connectivity index (χ1) is 8.40. The third-order valence-corrected chi connectivity index (χ3v) is 3.34. The molecule has 1 aromatic heterocycles. The SMILES string of the molecule is CCn1cnnc1-c1cccc2c1CCNC2.